The van der Waals surface area contributed by atoms with Crippen molar-refractivity contribution in [1.29, 1.82) is 0 Å². The number of rotatable bonds is 2. The van der Waals surface area contributed by atoms with E-state index in [0.29, 0.717) is 18.1 Å². The second kappa shape index (κ2) is 3.54. The first-order valence-corrected chi connectivity index (χ1v) is 9.02. The molecule has 2 rings (SSSR count). The summed E-state index contributed by atoms with van der Waals surface area (Å²) in [7, 11) is -1.72. The molecule has 2 aliphatic carbocycles. The molecule has 3 heteroatoms. The molecule has 2 aliphatic rings. The zero-order valence-electron chi connectivity index (χ0n) is 10.9. The molecule has 0 amide bonds. The highest BCUT2D eigenvalue weighted by Gasteiger charge is 2.48. The van der Waals surface area contributed by atoms with Crippen LogP contribution in [0.15, 0.2) is 12.2 Å². The summed E-state index contributed by atoms with van der Waals surface area (Å²) in [4.78, 5) is 11.7. The van der Waals surface area contributed by atoms with Gasteiger partial charge >= 0.3 is 0 Å². The van der Waals surface area contributed by atoms with Crippen LogP contribution >= 0.6 is 0 Å². The van der Waals surface area contributed by atoms with Gasteiger partial charge in [-0.3, -0.25) is 4.79 Å². The van der Waals surface area contributed by atoms with Crippen molar-refractivity contribution < 1.29 is 9.22 Å². The van der Waals surface area contributed by atoms with E-state index < -0.39 is 8.32 Å². The van der Waals surface area contributed by atoms with Crippen molar-refractivity contribution in [2.24, 2.45) is 11.8 Å². The Balaban J connectivity index is 2.06. The van der Waals surface area contributed by atoms with Gasteiger partial charge in [-0.1, -0.05) is 32.9 Å². The van der Waals surface area contributed by atoms with E-state index in [4.69, 9.17) is 4.43 Å². The van der Waals surface area contributed by atoms with Crippen LogP contribution in [-0.4, -0.2) is 20.2 Å². The summed E-state index contributed by atoms with van der Waals surface area (Å²) in [6, 6.07) is 0. The van der Waals surface area contributed by atoms with Crippen molar-refractivity contribution in [1.82, 2.24) is 0 Å². The second-order valence-electron chi connectivity index (χ2n) is 6.58. The molecule has 0 bridgehead atoms. The van der Waals surface area contributed by atoms with Crippen LogP contribution in [0.2, 0.25) is 18.1 Å². The van der Waals surface area contributed by atoms with Crippen molar-refractivity contribution >= 4 is 14.1 Å². The molecule has 1 saturated carbocycles. The van der Waals surface area contributed by atoms with Crippen molar-refractivity contribution in [3.05, 3.63) is 12.2 Å². The minimum absolute atomic E-state index is 0.156. The van der Waals surface area contributed by atoms with Crippen LogP contribution in [0, 0.1) is 11.8 Å². The lowest BCUT2D eigenvalue weighted by Gasteiger charge is -2.40. The summed E-state index contributed by atoms with van der Waals surface area (Å²) in [5.41, 5.74) is 0. The lowest BCUT2D eigenvalue weighted by atomic mass is 9.84. The van der Waals surface area contributed by atoms with Crippen LogP contribution in [0.4, 0.5) is 0 Å². The molecule has 0 radical (unpaired) electrons. The third-order valence-electron chi connectivity index (χ3n) is 4.41. The van der Waals surface area contributed by atoms with Crippen LogP contribution in [-0.2, 0) is 9.22 Å². The molecule has 0 aromatic carbocycles. The molecule has 0 N–H and O–H groups in total. The first kappa shape index (κ1) is 12.1. The fourth-order valence-electron chi connectivity index (χ4n) is 2.17. The summed E-state index contributed by atoms with van der Waals surface area (Å²) in [6.07, 6.45) is 4.95. The molecule has 1 fully saturated rings. The minimum atomic E-state index is -1.72. The summed E-state index contributed by atoms with van der Waals surface area (Å²) in [5, 5.41) is 0.224. The number of Topliss-reactive ketones (excluding diaryl/α,β-unsaturated/α-hetero) is 1. The fraction of sp³-hybridized carbons (Fsp3) is 0.769. The van der Waals surface area contributed by atoms with Crippen molar-refractivity contribution in [2.45, 2.75) is 51.4 Å². The highest BCUT2D eigenvalue weighted by molar-refractivity contribution is 6.74. The molecule has 16 heavy (non-hydrogen) atoms. The lowest BCUT2D eigenvalue weighted by molar-refractivity contribution is -0.120. The molecule has 0 unspecified atom stereocenters. The molecule has 0 spiro atoms. The average molecular weight is 238 g/mol. The van der Waals surface area contributed by atoms with Gasteiger partial charge < -0.3 is 4.43 Å². The Morgan fingerprint density at radius 3 is 2.31 bits per heavy atom. The Morgan fingerprint density at radius 2 is 1.94 bits per heavy atom. The molecular weight excluding hydrogens is 216 g/mol. The number of carbonyl (C=O) groups is 1. The van der Waals surface area contributed by atoms with E-state index in [-0.39, 0.29) is 17.1 Å². The van der Waals surface area contributed by atoms with Crippen LogP contribution in [0.1, 0.15) is 27.2 Å². The molecule has 0 aliphatic heterocycles. The van der Waals surface area contributed by atoms with Gasteiger partial charge in [0.2, 0.25) is 0 Å². The fourth-order valence-corrected chi connectivity index (χ4v) is 3.52. The zero-order valence-corrected chi connectivity index (χ0v) is 11.9. The topological polar surface area (TPSA) is 26.3 Å². The van der Waals surface area contributed by atoms with Gasteiger partial charge in [0.05, 0.1) is 6.10 Å². The van der Waals surface area contributed by atoms with Crippen molar-refractivity contribution in [3.63, 3.8) is 0 Å². The number of fused-ring (bicyclic) bond motifs is 1. The molecule has 90 valence electrons. The molecule has 0 aromatic rings. The van der Waals surface area contributed by atoms with Gasteiger partial charge in [0, 0.05) is 18.3 Å². The van der Waals surface area contributed by atoms with E-state index in [1.807, 2.05) is 6.08 Å². The van der Waals surface area contributed by atoms with Gasteiger partial charge in [0.25, 0.3) is 0 Å². The monoisotopic (exact) mass is 238 g/mol. The summed E-state index contributed by atoms with van der Waals surface area (Å²) < 4.78 is 6.33. The standard InChI is InChI=1S/C13H22O2Si/c1-13(2,3)16(4,5)15-12-8-11(14)9-6-7-10(9)12/h6-7,9-10,12H,8H2,1-5H3/t9-,10+,12-/m0/s1. The van der Waals surface area contributed by atoms with Crippen molar-refractivity contribution in [2.75, 3.05) is 0 Å². The van der Waals surface area contributed by atoms with E-state index in [2.05, 4.69) is 39.9 Å². The Hall–Kier alpha value is -0.413. The summed E-state index contributed by atoms with van der Waals surface area (Å²) >= 11 is 0. The van der Waals surface area contributed by atoms with E-state index in [1.165, 1.54) is 0 Å². The number of hydrogen-bond donors (Lipinski definition) is 0. The van der Waals surface area contributed by atoms with Gasteiger partial charge in [0.1, 0.15) is 5.78 Å². The normalized spacial score (nSPS) is 33.8. The van der Waals surface area contributed by atoms with Crippen LogP contribution in [0.3, 0.4) is 0 Å². The number of hydrogen-bond acceptors (Lipinski definition) is 2. The number of allylic oxidation sites excluding steroid dienone is 1. The quantitative estimate of drug-likeness (QED) is 0.545. The number of carbonyl (C=O) groups excluding carboxylic acids is 1. The number of ketones is 1. The van der Waals surface area contributed by atoms with Crippen LogP contribution in [0.25, 0.3) is 0 Å². The summed E-state index contributed by atoms with van der Waals surface area (Å²) in [6.45, 7) is 11.2. The Labute approximate surface area is 99.2 Å². The van der Waals surface area contributed by atoms with Crippen molar-refractivity contribution in [3.8, 4) is 0 Å². The maximum absolute atomic E-state index is 11.7. The Bertz CT molecular complexity index is 338. The largest absolute Gasteiger partial charge is 0.413 e. The second-order valence-corrected chi connectivity index (χ2v) is 11.3. The van der Waals surface area contributed by atoms with Gasteiger partial charge in [-0.15, -0.1) is 0 Å². The third kappa shape index (κ3) is 1.80. The average Bonchev–Trinajstić information content (AvgIpc) is 2.15. The molecule has 0 aromatic heterocycles. The first-order valence-electron chi connectivity index (χ1n) is 6.11. The maximum Gasteiger partial charge on any atom is 0.192 e. The maximum atomic E-state index is 11.7. The molecule has 0 heterocycles. The Kier molecular flexibility index (Phi) is 2.67. The molecular formula is C13H22O2Si. The van der Waals surface area contributed by atoms with Gasteiger partial charge in [-0.25, -0.2) is 0 Å². The van der Waals surface area contributed by atoms with E-state index in [0.717, 1.165) is 0 Å². The predicted molar refractivity (Wildman–Crippen MR) is 67.8 cm³/mol. The van der Waals surface area contributed by atoms with Gasteiger partial charge in [-0.05, 0) is 18.1 Å². The third-order valence-corrected chi connectivity index (χ3v) is 8.92. The van der Waals surface area contributed by atoms with E-state index in [9.17, 15) is 4.79 Å². The van der Waals surface area contributed by atoms with Crippen LogP contribution in [0.5, 0.6) is 0 Å². The minimum Gasteiger partial charge on any atom is -0.413 e. The SMILES string of the molecule is CC(C)(C)[Si](C)(C)O[C@H]1CC(=O)[C@H]2C=C[C@@H]12. The molecule has 0 saturated heterocycles. The van der Waals surface area contributed by atoms with Crippen LogP contribution < -0.4 is 0 Å². The Morgan fingerprint density at radius 1 is 1.31 bits per heavy atom. The molecule has 3 atom stereocenters. The lowest BCUT2D eigenvalue weighted by Crippen LogP contribution is -2.45. The summed E-state index contributed by atoms with van der Waals surface area (Å²) in [5.74, 6) is 0.924. The highest BCUT2D eigenvalue weighted by atomic mass is 28.4. The van der Waals surface area contributed by atoms with E-state index >= 15 is 0 Å². The zero-order chi connectivity index (χ0) is 12.1. The van der Waals surface area contributed by atoms with Gasteiger partial charge in [-0.2, -0.15) is 0 Å². The smallest absolute Gasteiger partial charge is 0.192 e. The predicted octanol–water partition coefficient (Wildman–Crippen LogP) is 3.15. The molecule has 2 nitrogen and oxygen atoms in total. The van der Waals surface area contributed by atoms with E-state index in [1.54, 1.807) is 0 Å². The van der Waals surface area contributed by atoms with Gasteiger partial charge in [0.15, 0.2) is 8.32 Å². The highest BCUT2D eigenvalue weighted by Crippen LogP contribution is 2.44. The first-order chi connectivity index (χ1) is 7.22.